The molecule has 1 aliphatic heterocycles. The number of ether oxygens (including phenoxy) is 1. The molecule has 0 saturated carbocycles. The molecule has 3 aromatic heterocycles. The van der Waals surface area contributed by atoms with Gasteiger partial charge >= 0.3 is 0 Å². The quantitative estimate of drug-likeness (QED) is 0.285. The molecule has 1 fully saturated rings. The van der Waals surface area contributed by atoms with Gasteiger partial charge in [-0.1, -0.05) is 6.92 Å². The molecule has 1 aromatic carbocycles. The van der Waals surface area contributed by atoms with Crippen LogP contribution in [0.1, 0.15) is 27.2 Å². The van der Waals surface area contributed by atoms with Gasteiger partial charge in [-0.3, -0.25) is 4.72 Å². The minimum absolute atomic E-state index is 0.0133. The monoisotopic (exact) mass is 583 g/mol. The molecule has 0 bridgehead atoms. The van der Waals surface area contributed by atoms with E-state index in [1.165, 1.54) is 6.07 Å². The Bertz CT molecular complexity index is 1660. The Morgan fingerprint density at radius 2 is 1.80 bits per heavy atom. The van der Waals surface area contributed by atoms with Crippen LogP contribution in [0, 0.1) is 11.6 Å². The summed E-state index contributed by atoms with van der Waals surface area (Å²) in [5.41, 5.74) is 0.725. The van der Waals surface area contributed by atoms with E-state index in [9.17, 15) is 8.42 Å². The fourth-order valence-corrected chi connectivity index (χ4v) is 5.66. The smallest absolute Gasteiger partial charge is 0.232 e. The lowest BCUT2D eigenvalue weighted by Crippen LogP contribution is -2.37. The summed E-state index contributed by atoms with van der Waals surface area (Å²) in [5, 5.41) is 3.25. The maximum Gasteiger partial charge on any atom is 0.232 e. The topological polar surface area (TPSA) is 122 Å². The standard InChI is InChI=1S/C28H31F2N7O3S/c1-4-15-41(38,39)36-21-7-6-19(29)24(25(21)30)20-8-9-22-26(33-20)28(37-11-13-40-14-12-37)35-27(34-22)18-5-10-23(31-16-18)32-17(2)3/h5-10,16-17,36H,4,11-15H2,1-3H3,(H,31,32). The van der Waals surface area contributed by atoms with E-state index < -0.39 is 27.2 Å². The van der Waals surface area contributed by atoms with Crippen LogP contribution in [0.25, 0.3) is 33.7 Å². The molecule has 4 aromatic rings. The van der Waals surface area contributed by atoms with E-state index in [4.69, 9.17) is 9.72 Å². The summed E-state index contributed by atoms with van der Waals surface area (Å²) >= 11 is 0. The molecule has 13 heteroatoms. The third-order valence-electron chi connectivity index (χ3n) is 6.38. The van der Waals surface area contributed by atoms with Crippen molar-refractivity contribution in [2.45, 2.75) is 33.2 Å². The lowest BCUT2D eigenvalue weighted by Gasteiger charge is -2.28. The largest absolute Gasteiger partial charge is 0.378 e. The van der Waals surface area contributed by atoms with E-state index >= 15 is 8.78 Å². The highest BCUT2D eigenvalue weighted by Crippen LogP contribution is 2.34. The number of hydrogen-bond donors (Lipinski definition) is 2. The predicted molar refractivity (Wildman–Crippen MR) is 155 cm³/mol. The first-order valence-electron chi connectivity index (χ1n) is 13.4. The van der Waals surface area contributed by atoms with E-state index in [0.717, 1.165) is 18.0 Å². The van der Waals surface area contributed by atoms with Crippen molar-refractivity contribution in [3.8, 4) is 22.6 Å². The van der Waals surface area contributed by atoms with Gasteiger partial charge in [0.05, 0.1) is 41.4 Å². The van der Waals surface area contributed by atoms with Crippen molar-refractivity contribution < 1.29 is 21.9 Å². The summed E-state index contributed by atoms with van der Waals surface area (Å²) in [6.07, 6.45) is 2.03. The number of anilines is 3. The Kier molecular flexibility index (Phi) is 8.27. The number of halogens is 2. The molecule has 0 spiro atoms. The Balaban J connectivity index is 1.61. The van der Waals surface area contributed by atoms with Gasteiger partial charge in [-0.2, -0.15) is 0 Å². The third-order valence-corrected chi connectivity index (χ3v) is 7.85. The highest BCUT2D eigenvalue weighted by Gasteiger charge is 2.23. The van der Waals surface area contributed by atoms with Gasteiger partial charge in [0.1, 0.15) is 17.2 Å². The zero-order chi connectivity index (χ0) is 29.1. The van der Waals surface area contributed by atoms with E-state index in [1.807, 2.05) is 30.9 Å². The van der Waals surface area contributed by atoms with Gasteiger partial charge < -0.3 is 15.0 Å². The second kappa shape index (κ2) is 11.9. The SMILES string of the molecule is CCCS(=O)(=O)Nc1ccc(F)c(-c2ccc3nc(-c4ccc(NC(C)C)nc4)nc(N4CCOCC4)c3n2)c1F. The first-order chi connectivity index (χ1) is 19.6. The third kappa shape index (κ3) is 6.35. The predicted octanol–water partition coefficient (Wildman–Crippen LogP) is 4.84. The number of benzene rings is 1. The van der Waals surface area contributed by atoms with E-state index in [0.29, 0.717) is 61.0 Å². The number of fused-ring (bicyclic) bond motifs is 1. The average Bonchev–Trinajstić information content (AvgIpc) is 2.94. The Labute approximate surface area is 237 Å². The van der Waals surface area contributed by atoms with Crippen molar-refractivity contribution in [2.24, 2.45) is 0 Å². The second-order valence-electron chi connectivity index (χ2n) is 9.97. The number of morpholine rings is 1. The zero-order valence-electron chi connectivity index (χ0n) is 23.0. The molecular formula is C28H31F2N7O3S. The summed E-state index contributed by atoms with van der Waals surface area (Å²) in [6.45, 7) is 7.81. The summed E-state index contributed by atoms with van der Waals surface area (Å²) in [6, 6.07) is 9.12. The molecule has 0 amide bonds. The maximum atomic E-state index is 15.6. The normalized spacial score (nSPS) is 14.0. The molecule has 0 unspecified atom stereocenters. The van der Waals surface area contributed by atoms with Crippen LogP contribution in [0.4, 0.5) is 26.1 Å². The van der Waals surface area contributed by atoms with Gasteiger partial charge in [-0.25, -0.2) is 37.1 Å². The minimum Gasteiger partial charge on any atom is -0.378 e. The van der Waals surface area contributed by atoms with Crippen LogP contribution in [0.3, 0.4) is 0 Å². The molecule has 4 heterocycles. The van der Waals surface area contributed by atoms with E-state index in [1.54, 1.807) is 19.2 Å². The zero-order valence-corrected chi connectivity index (χ0v) is 23.8. The van der Waals surface area contributed by atoms with Crippen LogP contribution in [-0.4, -0.2) is 66.5 Å². The Hall–Kier alpha value is -3.97. The number of nitrogens with zero attached hydrogens (tertiary/aromatic N) is 5. The Morgan fingerprint density at radius 1 is 1.02 bits per heavy atom. The lowest BCUT2D eigenvalue weighted by atomic mass is 10.1. The van der Waals surface area contributed by atoms with Gasteiger partial charge in [0.25, 0.3) is 0 Å². The number of pyridine rings is 2. The molecule has 0 radical (unpaired) electrons. The number of aromatic nitrogens is 4. The van der Waals surface area contributed by atoms with Crippen LogP contribution in [0.5, 0.6) is 0 Å². The number of rotatable bonds is 9. The van der Waals surface area contributed by atoms with E-state index in [2.05, 4.69) is 25.0 Å². The number of nitrogens with one attached hydrogen (secondary N) is 2. The van der Waals surface area contributed by atoms with Gasteiger partial charge in [-0.15, -0.1) is 0 Å². The first kappa shape index (κ1) is 28.6. The number of sulfonamides is 1. The van der Waals surface area contributed by atoms with Gasteiger partial charge in [0.2, 0.25) is 10.0 Å². The van der Waals surface area contributed by atoms with Crippen LogP contribution in [-0.2, 0) is 14.8 Å². The summed E-state index contributed by atoms with van der Waals surface area (Å²) in [7, 11) is -3.80. The molecule has 41 heavy (non-hydrogen) atoms. The second-order valence-corrected chi connectivity index (χ2v) is 11.8. The summed E-state index contributed by atoms with van der Waals surface area (Å²) < 4.78 is 62.8. The van der Waals surface area contributed by atoms with Gasteiger partial charge in [0.15, 0.2) is 17.5 Å². The maximum absolute atomic E-state index is 15.6. The van der Waals surface area contributed by atoms with Crippen molar-refractivity contribution >= 4 is 38.4 Å². The van der Waals surface area contributed by atoms with Crippen LogP contribution in [0.2, 0.25) is 0 Å². The lowest BCUT2D eigenvalue weighted by molar-refractivity contribution is 0.122. The van der Waals surface area contributed by atoms with E-state index in [-0.39, 0.29) is 23.2 Å². The highest BCUT2D eigenvalue weighted by atomic mass is 32.2. The molecule has 216 valence electrons. The molecule has 10 nitrogen and oxygen atoms in total. The Morgan fingerprint density at radius 3 is 2.49 bits per heavy atom. The van der Waals surface area contributed by atoms with Crippen molar-refractivity contribution in [3.63, 3.8) is 0 Å². The molecular weight excluding hydrogens is 552 g/mol. The molecule has 0 atom stereocenters. The number of hydrogen-bond acceptors (Lipinski definition) is 9. The molecule has 0 aliphatic carbocycles. The van der Waals surface area contributed by atoms with Gasteiger partial charge in [0, 0.05) is 30.9 Å². The van der Waals surface area contributed by atoms with Gasteiger partial charge in [-0.05, 0) is 56.7 Å². The van der Waals surface area contributed by atoms with Crippen molar-refractivity contribution in [2.75, 3.05) is 47.0 Å². The average molecular weight is 584 g/mol. The molecule has 5 rings (SSSR count). The van der Waals surface area contributed by atoms with Crippen LogP contribution >= 0.6 is 0 Å². The molecule has 1 aliphatic rings. The fourth-order valence-electron chi connectivity index (χ4n) is 4.52. The fraction of sp³-hybridized carbons (Fsp3) is 0.357. The first-order valence-corrected chi connectivity index (χ1v) is 15.0. The highest BCUT2D eigenvalue weighted by molar-refractivity contribution is 7.92. The molecule has 2 N–H and O–H groups in total. The summed E-state index contributed by atoms with van der Waals surface area (Å²) in [4.78, 5) is 20.6. The van der Waals surface area contributed by atoms with Crippen molar-refractivity contribution in [1.29, 1.82) is 0 Å². The minimum atomic E-state index is -3.80. The van der Waals surface area contributed by atoms with Crippen LogP contribution in [0.15, 0.2) is 42.6 Å². The van der Waals surface area contributed by atoms with Crippen LogP contribution < -0.4 is 14.9 Å². The molecule has 1 saturated heterocycles. The van der Waals surface area contributed by atoms with Crippen molar-refractivity contribution in [1.82, 2.24) is 19.9 Å². The van der Waals surface area contributed by atoms with Crippen molar-refractivity contribution in [3.05, 3.63) is 54.2 Å². The summed E-state index contributed by atoms with van der Waals surface area (Å²) in [5.74, 6) is -0.459.